The number of esters is 3. The van der Waals surface area contributed by atoms with Crippen molar-refractivity contribution >= 4 is 17.9 Å². The average Bonchev–Trinajstić information content (AvgIpc) is 3.27. The Bertz CT molecular complexity index is 1090. The van der Waals surface area contributed by atoms with Crippen molar-refractivity contribution in [3.05, 3.63) is 48.6 Å². The number of carbonyl (C=O) groups is 3. The number of rotatable bonds is 48. The van der Waals surface area contributed by atoms with Gasteiger partial charge in [-0.1, -0.05) is 236 Å². The van der Waals surface area contributed by atoms with Crippen LogP contribution in [0.5, 0.6) is 0 Å². The molecule has 6 heteroatoms. The third-order valence-electron chi connectivity index (χ3n) is 11.6. The molecule has 0 radical (unpaired) electrons. The van der Waals surface area contributed by atoms with Crippen molar-refractivity contribution in [2.45, 2.75) is 277 Å². The van der Waals surface area contributed by atoms with E-state index in [9.17, 15) is 14.4 Å². The van der Waals surface area contributed by atoms with Crippen molar-refractivity contribution in [3.63, 3.8) is 0 Å². The molecule has 6 nitrogen and oxygen atoms in total. The van der Waals surface area contributed by atoms with Gasteiger partial charge >= 0.3 is 17.9 Å². The van der Waals surface area contributed by atoms with Gasteiger partial charge in [0, 0.05) is 19.3 Å². The van der Waals surface area contributed by atoms with E-state index in [1.165, 1.54) is 135 Å². The van der Waals surface area contributed by atoms with Crippen LogP contribution in [0, 0.1) is 0 Å². The van der Waals surface area contributed by atoms with Crippen molar-refractivity contribution in [1.29, 1.82) is 0 Å². The van der Waals surface area contributed by atoms with Crippen LogP contribution >= 0.6 is 0 Å². The Hall–Kier alpha value is -2.63. The van der Waals surface area contributed by atoms with Crippen molar-refractivity contribution < 1.29 is 28.6 Å². The zero-order valence-corrected chi connectivity index (χ0v) is 41.1. The summed E-state index contributed by atoms with van der Waals surface area (Å²) in [7, 11) is 0. The highest BCUT2D eigenvalue weighted by Crippen LogP contribution is 2.16. The lowest BCUT2D eigenvalue weighted by Gasteiger charge is -2.18. The smallest absolute Gasteiger partial charge is 0.306 e. The molecule has 0 aromatic rings. The minimum absolute atomic E-state index is 0.0838. The molecular formula is C56H100O6. The second kappa shape index (κ2) is 51.0. The van der Waals surface area contributed by atoms with Gasteiger partial charge in [-0.3, -0.25) is 14.4 Å². The summed E-state index contributed by atoms with van der Waals surface area (Å²) in [6.45, 7) is 6.57. The van der Waals surface area contributed by atoms with E-state index in [0.29, 0.717) is 19.3 Å². The molecule has 0 N–H and O–H groups in total. The van der Waals surface area contributed by atoms with Crippen LogP contribution in [0.1, 0.15) is 271 Å². The third-order valence-corrected chi connectivity index (χ3v) is 11.6. The Morgan fingerprint density at radius 2 is 0.613 bits per heavy atom. The predicted molar refractivity (Wildman–Crippen MR) is 265 cm³/mol. The quantitative estimate of drug-likeness (QED) is 0.0199. The fourth-order valence-electron chi connectivity index (χ4n) is 7.54. The number of carbonyl (C=O) groups excluding carboxylic acids is 3. The summed E-state index contributed by atoms with van der Waals surface area (Å²) in [6.07, 6.45) is 61.0. The van der Waals surface area contributed by atoms with E-state index < -0.39 is 6.10 Å². The van der Waals surface area contributed by atoms with Crippen LogP contribution in [0.15, 0.2) is 48.6 Å². The fourth-order valence-corrected chi connectivity index (χ4v) is 7.54. The molecular weight excluding hydrogens is 769 g/mol. The summed E-state index contributed by atoms with van der Waals surface area (Å²) in [5.41, 5.74) is 0. The molecule has 0 saturated carbocycles. The Kier molecular flexibility index (Phi) is 48.8. The van der Waals surface area contributed by atoms with Gasteiger partial charge in [0.15, 0.2) is 6.10 Å². The van der Waals surface area contributed by atoms with Gasteiger partial charge < -0.3 is 14.2 Å². The molecule has 0 aromatic heterocycles. The van der Waals surface area contributed by atoms with Crippen molar-refractivity contribution in [3.8, 4) is 0 Å². The molecule has 62 heavy (non-hydrogen) atoms. The van der Waals surface area contributed by atoms with Crippen molar-refractivity contribution in [1.82, 2.24) is 0 Å². The lowest BCUT2D eigenvalue weighted by atomic mass is 10.0. The van der Waals surface area contributed by atoms with E-state index in [4.69, 9.17) is 14.2 Å². The first-order valence-electron chi connectivity index (χ1n) is 26.7. The van der Waals surface area contributed by atoms with Crippen LogP contribution < -0.4 is 0 Å². The minimum Gasteiger partial charge on any atom is -0.462 e. The third kappa shape index (κ3) is 48.4. The van der Waals surface area contributed by atoms with Gasteiger partial charge in [0.25, 0.3) is 0 Å². The maximum atomic E-state index is 12.8. The lowest BCUT2D eigenvalue weighted by molar-refractivity contribution is -0.167. The molecule has 0 aliphatic carbocycles. The van der Waals surface area contributed by atoms with Crippen LogP contribution in [0.25, 0.3) is 0 Å². The minimum atomic E-state index is -0.782. The van der Waals surface area contributed by atoms with Crippen molar-refractivity contribution in [2.24, 2.45) is 0 Å². The summed E-state index contributed by atoms with van der Waals surface area (Å²) in [6, 6.07) is 0. The van der Waals surface area contributed by atoms with Gasteiger partial charge in [-0.05, 0) is 64.2 Å². The summed E-state index contributed by atoms with van der Waals surface area (Å²) >= 11 is 0. The Morgan fingerprint density at radius 3 is 0.984 bits per heavy atom. The number of ether oxygens (including phenoxy) is 3. The molecule has 0 aliphatic heterocycles. The molecule has 0 aliphatic rings. The largest absolute Gasteiger partial charge is 0.462 e. The van der Waals surface area contributed by atoms with E-state index in [1.54, 1.807) is 0 Å². The molecule has 0 heterocycles. The molecule has 0 fully saturated rings. The van der Waals surface area contributed by atoms with E-state index in [2.05, 4.69) is 69.4 Å². The first-order valence-corrected chi connectivity index (χ1v) is 26.7. The van der Waals surface area contributed by atoms with E-state index in [-0.39, 0.29) is 31.1 Å². The molecule has 0 amide bonds. The van der Waals surface area contributed by atoms with Crippen LogP contribution in [0.2, 0.25) is 0 Å². The topological polar surface area (TPSA) is 78.9 Å². The summed E-state index contributed by atoms with van der Waals surface area (Å²) < 4.78 is 16.8. The van der Waals surface area contributed by atoms with Gasteiger partial charge in [-0.25, -0.2) is 0 Å². The molecule has 0 rings (SSSR count). The van der Waals surface area contributed by atoms with E-state index in [1.807, 2.05) is 0 Å². The number of hydrogen-bond donors (Lipinski definition) is 0. The van der Waals surface area contributed by atoms with Crippen LogP contribution in [-0.2, 0) is 28.6 Å². The van der Waals surface area contributed by atoms with Crippen molar-refractivity contribution in [2.75, 3.05) is 13.2 Å². The van der Waals surface area contributed by atoms with Gasteiger partial charge in [0.1, 0.15) is 13.2 Å². The summed E-state index contributed by atoms with van der Waals surface area (Å²) in [5.74, 6) is -0.907. The maximum absolute atomic E-state index is 12.8. The monoisotopic (exact) mass is 869 g/mol. The summed E-state index contributed by atoms with van der Waals surface area (Å²) in [4.78, 5) is 37.9. The van der Waals surface area contributed by atoms with Gasteiger partial charge in [-0.15, -0.1) is 0 Å². The predicted octanol–water partition coefficient (Wildman–Crippen LogP) is 17.5. The van der Waals surface area contributed by atoms with Gasteiger partial charge in [0.2, 0.25) is 0 Å². The van der Waals surface area contributed by atoms with Crippen LogP contribution in [0.3, 0.4) is 0 Å². The number of allylic oxidation sites excluding steroid dienone is 8. The highest BCUT2D eigenvalue weighted by molar-refractivity contribution is 5.71. The highest BCUT2D eigenvalue weighted by atomic mass is 16.6. The molecule has 360 valence electrons. The Balaban J connectivity index is 4.36. The number of unbranched alkanes of at least 4 members (excludes halogenated alkanes) is 31. The zero-order chi connectivity index (χ0) is 45.1. The zero-order valence-electron chi connectivity index (χ0n) is 41.1. The lowest BCUT2D eigenvalue weighted by Crippen LogP contribution is -2.30. The van der Waals surface area contributed by atoms with Crippen LogP contribution in [0.4, 0.5) is 0 Å². The first kappa shape index (κ1) is 59.4. The average molecular weight is 869 g/mol. The Morgan fingerprint density at radius 1 is 0.323 bits per heavy atom. The molecule has 0 aromatic carbocycles. The Labute approximate surface area is 384 Å². The number of hydrogen-bond acceptors (Lipinski definition) is 6. The second-order valence-electron chi connectivity index (χ2n) is 17.8. The molecule has 1 atom stereocenters. The van der Waals surface area contributed by atoms with E-state index in [0.717, 1.165) is 96.3 Å². The first-order chi connectivity index (χ1) is 30.5. The van der Waals surface area contributed by atoms with Gasteiger partial charge in [0.05, 0.1) is 0 Å². The molecule has 0 bridgehead atoms. The molecule has 0 spiro atoms. The normalized spacial score (nSPS) is 12.4. The standard InChI is InChI=1S/C56H100O6/c1-4-7-10-13-16-19-22-24-26-28-29-31-32-34-37-40-43-46-49-55(58)61-52-53(51-60-54(57)48-45-42-39-36-21-18-15-12-9-6-3)62-56(59)50-47-44-41-38-35-33-30-27-25-23-20-17-14-11-8-5-2/h15,18,22,24,26,28-29,31,53H,4-14,16-17,19-21,23,25,27,30,32-52H2,1-3H3/b18-15-,24-22-,28-26-,31-29-. The molecule has 1 unspecified atom stereocenters. The van der Waals surface area contributed by atoms with E-state index >= 15 is 0 Å². The highest BCUT2D eigenvalue weighted by Gasteiger charge is 2.19. The summed E-state index contributed by atoms with van der Waals surface area (Å²) in [5, 5.41) is 0. The molecule has 0 saturated heterocycles. The SMILES string of the molecule is CCCC/C=C\CCCCCCC(=O)OCC(COC(=O)CCCCCCC\C=C/C=C\C=C/CCCCCCC)OC(=O)CCCCCCCCCCCCCCCCCC. The van der Waals surface area contributed by atoms with Gasteiger partial charge in [-0.2, -0.15) is 0 Å². The fraction of sp³-hybridized carbons (Fsp3) is 0.804. The maximum Gasteiger partial charge on any atom is 0.306 e. The van der Waals surface area contributed by atoms with Crippen LogP contribution in [-0.4, -0.2) is 37.2 Å². The second-order valence-corrected chi connectivity index (χ2v) is 17.8.